The number of pyridine rings is 1. The molecule has 1 aliphatic rings. The van der Waals surface area contributed by atoms with Gasteiger partial charge >= 0.3 is 0 Å². The Kier molecular flexibility index (Phi) is 2.24. The maximum Gasteiger partial charge on any atom is 0.259 e. The molecule has 0 unspecified atom stereocenters. The summed E-state index contributed by atoms with van der Waals surface area (Å²) in [5.41, 5.74) is 3.84. The Morgan fingerprint density at radius 2 is 1.70 bits per heavy atom. The van der Waals surface area contributed by atoms with Gasteiger partial charge in [-0.15, -0.1) is 0 Å². The zero-order valence-corrected chi connectivity index (χ0v) is 10.8. The second kappa shape index (κ2) is 3.97. The molecule has 0 radical (unpaired) electrons. The second-order valence-corrected chi connectivity index (χ2v) is 5.15. The molecule has 2 heterocycles. The summed E-state index contributed by atoms with van der Waals surface area (Å²) in [5, 5.41) is 10.8. The predicted octanol–water partition coefficient (Wildman–Crippen LogP) is 2.79. The first-order chi connectivity index (χ1) is 9.75. The van der Waals surface area contributed by atoms with Crippen LogP contribution in [-0.2, 0) is 12.8 Å². The molecule has 1 aromatic heterocycles. The summed E-state index contributed by atoms with van der Waals surface area (Å²) in [7, 11) is 0. The van der Waals surface area contributed by atoms with E-state index < -0.39 is 0 Å². The number of aromatic hydroxyl groups is 1. The van der Waals surface area contributed by atoms with Crippen LogP contribution in [0.2, 0.25) is 0 Å². The quantitative estimate of drug-likeness (QED) is 0.677. The maximum atomic E-state index is 12.4. The fraction of sp³-hybridized carbons (Fsp3) is 0.118. The lowest BCUT2D eigenvalue weighted by molar-refractivity contribution is 0.480. The lowest BCUT2D eigenvalue weighted by atomic mass is 10.0. The highest BCUT2D eigenvalue weighted by Gasteiger charge is 2.18. The van der Waals surface area contributed by atoms with E-state index in [1.165, 1.54) is 6.07 Å². The van der Waals surface area contributed by atoms with Crippen molar-refractivity contribution >= 4 is 10.9 Å². The summed E-state index contributed by atoms with van der Waals surface area (Å²) in [6.45, 7) is 0. The summed E-state index contributed by atoms with van der Waals surface area (Å²) in [4.78, 5) is 12.4. The van der Waals surface area contributed by atoms with E-state index in [1.54, 1.807) is 4.57 Å². The number of hydrogen-bond acceptors (Lipinski definition) is 2. The standard InChI is InChI=1S/C17H13NO2/c19-15-10-16(20)18-14-7-2-1-4-11(14)8-9-12-5-3-6-13(15)17(12)18/h1-7,10,19H,8-9H2. The number of hydrogen-bond donors (Lipinski definition) is 1. The largest absolute Gasteiger partial charge is 0.507 e. The molecule has 0 spiro atoms. The third-order valence-corrected chi connectivity index (χ3v) is 4.00. The number of benzene rings is 2. The van der Waals surface area contributed by atoms with Gasteiger partial charge in [0.15, 0.2) is 0 Å². The molecule has 20 heavy (non-hydrogen) atoms. The Balaban J connectivity index is 2.27. The normalized spacial score (nSPS) is 13.0. The van der Waals surface area contributed by atoms with Crippen LogP contribution in [0.15, 0.2) is 53.3 Å². The Bertz CT molecular complexity index is 893. The van der Waals surface area contributed by atoms with Crippen LogP contribution >= 0.6 is 0 Å². The van der Waals surface area contributed by atoms with Gasteiger partial charge in [-0.2, -0.15) is 0 Å². The Hall–Kier alpha value is -2.55. The van der Waals surface area contributed by atoms with Crippen molar-refractivity contribution in [1.29, 1.82) is 0 Å². The molecule has 3 aromatic rings. The highest BCUT2D eigenvalue weighted by atomic mass is 16.3. The van der Waals surface area contributed by atoms with Gasteiger partial charge in [-0.1, -0.05) is 30.3 Å². The molecule has 0 atom stereocenters. The van der Waals surface area contributed by atoms with Crippen molar-refractivity contribution in [3.63, 3.8) is 0 Å². The molecule has 0 bridgehead atoms. The Morgan fingerprint density at radius 3 is 2.60 bits per heavy atom. The zero-order chi connectivity index (χ0) is 13.7. The average molecular weight is 263 g/mol. The third-order valence-electron chi connectivity index (χ3n) is 4.00. The van der Waals surface area contributed by atoms with Crippen LogP contribution in [0.25, 0.3) is 16.6 Å². The van der Waals surface area contributed by atoms with Crippen molar-refractivity contribution in [2.24, 2.45) is 0 Å². The minimum absolute atomic E-state index is 0.0579. The van der Waals surface area contributed by atoms with Gasteiger partial charge in [0.2, 0.25) is 0 Å². The average Bonchev–Trinajstić information content (AvgIpc) is 2.62. The van der Waals surface area contributed by atoms with Gasteiger partial charge in [0.05, 0.1) is 11.2 Å². The minimum atomic E-state index is -0.184. The van der Waals surface area contributed by atoms with E-state index in [0.717, 1.165) is 40.6 Å². The minimum Gasteiger partial charge on any atom is -0.507 e. The van der Waals surface area contributed by atoms with E-state index in [2.05, 4.69) is 6.07 Å². The van der Waals surface area contributed by atoms with E-state index in [0.29, 0.717) is 0 Å². The van der Waals surface area contributed by atoms with Crippen LogP contribution in [0, 0.1) is 0 Å². The highest BCUT2D eigenvalue weighted by molar-refractivity contribution is 5.89. The van der Waals surface area contributed by atoms with E-state index in [-0.39, 0.29) is 11.3 Å². The summed E-state index contributed by atoms with van der Waals surface area (Å²) in [6, 6.07) is 15.1. The molecular weight excluding hydrogens is 250 g/mol. The molecule has 0 fully saturated rings. The van der Waals surface area contributed by atoms with E-state index in [9.17, 15) is 9.90 Å². The van der Waals surface area contributed by atoms with Crippen molar-refractivity contribution in [2.75, 3.05) is 0 Å². The van der Waals surface area contributed by atoms with Gasteiger partial charge in [0.25, 0.3) is 5.56 Å². The zero-order valence-electron chi connectivity index (χ0n) is 10.8. The van der Waals surface area contributed by atoms with Crippen LogP contribution in [0.3, 0.4) is 0 Å². The summed E-state index contributed by atoms with van der Waals surface area (Å²) >= 11 is 0. The van der Waals surface area contributed by atoms with Gasteiger partial charge in [-0.25, -0.2) is 0 Å². The highest BCUT2D eigenvalue weighted by Crippen LogP contribution is 2.31. The molecule has 0 amide bonds. The van der Waals surface area contributed by atoms with Crippen molar-refractivity contribution in [3.05, 3.63) is 70.0 Å². The smallest absolute Gasteiger partial charge is 0.259 e. The second-order valence-electron chi connectivity index (χ2n) is 5.15. The molecule has 0 saturated heterocycles. The lowest BCUT2D eigenvalue weighted by Crippen LogP contribution is -2.18. The van der Waals surface area contributed by atoms with Crippen molar-refractivity contribution in [3.8, 4) is 11.4 Å². The van der Waals surface area contributed by atoms with Crippen LogP contribution in [0.5, 0.6) is 5.75 Å². The van der Waals surface area contributed by atoms with Crippen LogP contribution in [0.4, 0.5) is 0 Å². The Morgan fingerprint density at radius 1 is 0.950 bits per heavy atom. The SMILES string of the molecule is O=c1cc(O)c2cccc3c2n1-c1ccccc1CC3. The molecule has 3 heteroatoms. The first-order valence-corrected chi connectivity index (χ1v) is 6.70. The van der Waals surface area contributed by atoms with Gasteiger partial charge in [-0.3, -0.25) is 9.36 Å². The fourth-order valence-corrected chi connectivity index (χ4v) is 3.08. The van der Waals surface area contributed by atoms with Crippen molar-refractivity contribution in [2.45, 2.75) is 12.8 Å². The molecule has 3 nitrogen and oxygen atoms in total. The first kappa shape index (κ1) is 11.3. The van der Waals surface area contributed by atoms with Crippen LogP contribution < -0.4 is 5.56 Å². The van der Waals surface area contributed by atoms with E-state index in [4.69, 9.17) is 0 Å². The molecule has 1 aliphatic heterocycles. The first-order valence-electron chi connectivity index (χ1n) is 6.70. The number of para-hydroxylation sites is 2. The number of aromatic nitrogens is 1. The van der Waals surface area contributed by atoms with Crippen LogP contribution in [0.1, 0.15) is 11.1 Å². The van der Waals surface area contributed by atoms with Crippen LogP contribution in [-0.4, -0.2) is 9.67 Å². The maximum absolute atomic E-state index is 12.4. The number of nitrogens with zero attached hydrogens (tertiary/aromatic N) is 1. The van der Waals surface area contributed by atoms with Crippen molar-refractivity contribution in [1.82, 2.24) is 4.57 Å². The molecular formula is C17H13NO2. The fourth-order valence-electron chi connectivity index (χ4n) is 3.08. The Labute approximate surface area is 115 Å². The lowest BCUT2D eigenvalue weighted by Gasteiger charge is -2.13. The van der Waals surface area contributed by atoms with Crippen molar-refractivity contribution < 1.29 is 5.11 Å². The summed E-state index contributed by atoms with van der Waals surface area (Å²) in [5.74, 6) is 0.0579. The molecule has 1 N–H and O–H groups in total. The number of fused-ring (bicyclic) bond motifs is 2. The van der Waals surface area contributed by atoms with Gasteiger partial charge in [-0.05, 0) is 36.1 Å². The number of aryl methyl sites for hydroxylation is 2. The van der Waals surface area contributed by atoms with E-state index >= 15 is 0 Å². The van der Waals surface area contributed by atoms with Gasteiger partial charge in [0, 0.05) is 11.5 Å². The van der Waals surface area contributed by atoms with Gasteiger partial charge < -0.3 is 5.11 Å². The number of rotatable bonds is 0. The summed E-state index contributed by atoms with van der Waals surface area (Å²) in [6.07, 6.45) is 1.77. The molecule has 98 valence electrons. The predicted molar refractivity (Wildman–Crippen MR) is 78.6 cm³/mol. The van der Waals surface area contributed by atoms with Gasteiger partial charge in [0.1, 0.15) is 5.75 Å². The third kappa shape index (κ3) is 1.43. The molecule has 2 aromatic carbocycles. The van der Waals surface area contributed by atoms with E-state index in [1.807, 2.05) is 36.4 Å². The molecule has 0 aliphatic carbocycles. The topological polar surface area (TPSA) is 42.2 Å². The summed E-state index contributed by atoms with van der Waals surface area (Å²) < 4.78 is 1.73. The molecule has 0 saturated carbocycles. The monoisotopic (exact) mass is 263 g/mol. The molecule has 4 rings (SSSR count).